The van der Waals surface area contributed by atoms with Gasteiger partial charge in [-0.15, -0.1) is 6.58 Å². The van der Waals surface area contributed by atoms with Crippen molar-refractivity contribution in [1.29, 1.82) is 0 Å². The summed E-state index contributed by atoms with van der Waals surface area (Å²) in [5.74, 6) is -0.636. The zero-order valence-electron chi connectivity index (χ0n) is 17.0. The van der Waals surface area contributed by atoms with Crippen LogP contribution in [0.2, 0.25) is 0 Å². The molecule has 29 heavy (non-hydrogen) atoms. The fourth-order valence-electron chi connectivity index (χ4n) is 5.44. The van der Waals surface area contributed by atoms with E-state index < -0.39 is 24.0 Å². The van der Waals surface area contributed by atoms with Gasteiger partial charge < -0.3 is 4.74 Å². The summed E-state index contributed by atoms with van der Waals surface area (Å²) in [5.41, 5.74) is 0.561. The van der Waals surface area contributed by atoms with Crippen LogP contribution in [0, 0.1) is 29.4 Å². The normalized spacial score (nSPS) is 27.8. The third-order valence-electron chi connectivity index (χ3n) is 7.05. The second kappa shape index (κ2) is 10.5. The molecular weight excluding hydrogens is 380 g/mol. The molecule has 1 aromatic carbocycles. The maximum atomic E-state index is 14.0. The molecule has 0 heterocycles. The zero-order valence-corrected chi connectivity index (χ0v) is 17.0. The molecule has 0 bridgehead atoms. The highest BCUT2D eigenvalue weighted by Crippen LogP contribution is 2.45. The van der Waals surface area contributed by atoms with Crippen LogP contribution in [0.3, 0.4) is 0 Å². The first-order valence-electron chi connectivity index (χ1n) is 11.0. The lowest BCUT2D eigenvalue weighted by Crippen LogP contribution is -2.25. The van der Waals surface area contributed by atoms with Crippen LogP contribution >= 0.6 is 0 Å². The summed E-state index contributed by atoms with van der Waals surface area (Å²) < 4.78 is 56.6. The van der Waals surface area contributed by atoms with Crippen LogP contribution in [0.15, 0.2) is 24.8 Å². The summed E-state index contributed by atoms with van der Waals surface area (Å²) >= 11 is 0. The molecule has 0 aliphatic heterocycles. The van der Waals surface area contributed by atoms with E-state index in [2.05, 4.69) is 11.3 Å². The summed E-state index contributed by atoms with van der Waals surface area (Å²) in [6, 6.07) is 2.33. The standard InChI is InChI=1S/C24H32F4O/c1-2-3-4-5-16-6-8-17(9-7-16)18-10-12-19(13-11-18)20-14-21(25)23(22(26)15-20)29-24(27)28/h2,14-19,24H,1,3-13H2. The maximum absolute atomic E-state index is 14.0. The van der Waals surface area contributed by atoms with Gasteiger partial charge in [-0.25, -0.2) is 8.78 Å². The molecule has 2 fully saturated rings. The molecular formula is C24H32F4O. The van der Waals surface area contributed by atoms with Crippen molar-refractivity contribution in [2.45, 2.75) is 83.2 Å². The van der Waals surface area contributed by atoms with Gasteiger partial charge in [0.05, 0.1) is 0 Å². The van der Waals surface area contributed by atoms with Gasteiger partial charge in [0, 0.05) is 0 Å². The lowest BCUT2D eigenvalue weighted by Gasteiger charge is -2.38. The summed E-state index contributed by atoms with van der Waals surface area (Å²) in [7, 11) is 0. The Hall–Kier alpha value is -1.52. The first-order valence-corrected chi connectivity index (χ1v) is 11.0. The second-order valence-corrected chi connectivity index (χ2v) is 8.80. The van der Waals surface area contributed by atoms with E-state index in [0.717, 1.165) is 43.9 Å². The van der Waals surface area contributed by atoms with Gasteiger partial charge in [0.25, 0.3) is 0 Å². The minimum absolute atomic E-state index is 0.0890. The van der Waals surface area contributed by atoms with E-state index in [1.807, 2.05) is 6.08 Å². The summed E-state index contributed by atoms with van der Waals surface area (Å²) in [5, 5.41) is 0. The molecule has 162 valence electrons. The number of hydrogen-bond donors (Lipinski definition) is 0. The number of alkyl halides is 2. The molecule has 0 radical (unpaired) electrons. The predicted octanol–water partition coefficient (Wildman–Crippen LogP) is 8.00. The first-order chi connectivity index (χ1) is 14.0. The average molecular weight is 413 g/mol. The van der Waals surface area contributed by atoms with E-state index in [9.17, 15) is 17.6 Å². The van der Waals surface area contributed by atoms with Crippen LogP contribution in [0.5, 0.6) is 5.75 Å². The molecule has 1 nitrogen and oxygen atoms in total. The van der Waals surface area contributed by atoms with Crippen molar-refractivity contribution < 1.29 is 22.3 Å². The number of benzene rings is 1. The van der Waals surface area contributed by atoms with Crippen LogP contribution in [0.25, 0.3) is 0 Å². The third kappa shape index (κ3) is 5.99. The Kier molecular flexibility index (Phi) is 8.02. The molecule has 2 saturated carbocycles. The Labute approximate surface area is 171 Å². The van der Waals surface area contributed by atoms with Crippen LogP contribution in [-0.2, 0) is 0 Å². The van der Waals surface area contributed by atoms with E-state index in [1.54, 1.807) is 0 Å². The number of allylic oxidation sites excluding steroid dienone is 1. The molecule has 0 atom stereocenters. The predicted molar refractivity (Wildman–Crippen MR) is 107 cm³/mol. The van der Waals surface area contributed by atoms with Crippen molar-refractivity contribution in [3.63, 3.8) is 0 Å². The number of rotatable bonds is 8. The highest BCUT2D eigenvalue weighted by molar-refractivity contribution is 5.33. The van der Waals surface area contributed by atoms with Gasteiger partial charge in [-0.1, -0.05) is 25.3 Å². The first kappa shape index (κ1) is 22.2. The van der Waals surface area contributed by atoms with E-state index in [-0.39, 0.29) is 5.92 Å². The molecule has 2 aliphatic rings. The van der Waals surface area contributed by atoms with E-state index in [1.165, 1.54) is 50.7 Å². The molecule has 1 aromatic rings. The van der Waals surface area contributed by atoms with Crippen molar-refractivity contribution in [2.75, 3.05) is 0 Å². The summed E-state index contributed by atoms with van der Waals surface area (Å²) in [6.45, 7) is 0.553. The van der Waals surface area contributed by atoms with E-state index in [4.69, 9.17) is 0 Å². The fourth-order valence-corrected chi connectivity index (χ4v) is 5.44. The van der Waals surface area contributed by atoms with Gasteiger partial charge >= 0.3 is 6.61 Å². The minimum Gasteiger partial charge on any atom is -0.429 e. The molecule has 0 amide bonds. The van der Waals surface area contributed by atoms with E-state index >= 15 is 0 Å². The van der Waals surface area contributed by atoms with Crippen molar-refractivity contribution in [2.24, 2.45) is 17.8 Å². The van der Waals surface area contributed by atoms with Gasteiger partial charge in [-0.3, -0.25) is 0 Å². The van der Waals surface area contributed by atoms with Gasteiger partial charge in [-0.05, 0) is 92.7 Å². The van der Waals surface area contributed by atoms with Gasteiger partial charge in [0.2, 0.25) is 0 Å². The Morgan fingerprint density at radius 1 is 0.931 bits per heavy atom. The van der Waals surface area contributed by atoms with Crippen LogP contribution < -0.4 is 4.74 Å². The molecule has 2 aliphatic carbocycles. The summed E-state index contributed by atoms with van der Waals surface area (Å²) in [4.78, 5) is 0. The lowest BCUT2D eigenvalue weighted by molar-refractivity contribution is -0.0546. The maximum Gasteiger partial charge on any atom is 0.387 e. The Balaban J connectivity index is 1.49. The number of hydrogen-bond acceptors (Lipinski definition) is 1. The van der Waals surface area contributed by atoms with Gasteiger partial charge in [-0.2, -0.15) is 8.78 Å². The SMILES string of the molecule is C=CCCCC1CCC(C2CCC(c3cc(F)c(OC(F)F)c(F)c3)CC2)CC1. The highest BCUT2D eigenvalue weighted by Gasteiger charge is 2.32. The number of halogens is 4. The largest absolute Gasteiger partial charge is 0.429 e. The number of ether oxygens (including phenoxy) is 1. The van der Waals surface area contributed by atoms with Gasteiger partial charge in [0.15, 0.2) is 17.4 Å². The average Bonchev–Trinajstić information content (AvgIpc) is 2.71. The monoisotopic (exact) mass is 412 g/mol. The second-order valence-electron chi connectivity index (χ2n) is 8.80. The topological polar surface area (TPSA) is 9.23 Å². The lowest BCUT2D eigenvalue weighted by atomic mass is 9.68. The van der Waals surface area contributed by atoms with Crippen molar-refractivity contribution >= 4 is 0 Å². The molecule has 5 heteroatoms. The molecule has 0 aromatic heterocycles. The third-order valence-corrected chi connectivity index (χ3v) is 7.05. The Morgan fingerprint density at radius 3 is 2.00 bits per heavy atom. The Bertz CT molecular complexity index is 636. The molecule has 0 unspecified atom stereocenters. The van der Waals surface area contributed by atoms with Crippen LogP contribution in [0.1, 0.15) is 82.1 Å². The van der Waals surface area contributed by atoms with Crippen molar-refractivity contribution in [1.82, 2.24) is 0 Å². The van der Waals surface area contributed by atoms with Gasteiger partial charge in [0.1, 0.15) is 0 Å². The molecule has 0 N–H and O–H groups in total. The van der Waals surface area contributed by atoms with Crippen LogP contribution in [0.4, 0.5) is 17.6 Å². The van der Waals surface area contributed by atoms with Crippen molar-refractivity contribution in [3.05, 3.63) is 42.0 Å². The quantitative estimate of drug-likeness (QED) is 0.239. The minimum atomic E-state index is -3.24. The van der Waals surface area contributed by atoms with Crippen LogP contribution in [-0.4, -0.2) is 6.61 Å². The fraction of sp³-hybridized carbons (Fsp3) is 0.667. The zero-order chi connectivity index (χ0) is 20.8. The summed E-state index contributed by atoms with van der Waals surface area (Å²) in [6.07, 6.45) is 14.9. The van der Waals surface area contributed by atoms with Crippen molar-refractivity contribution in [3.8, 4) is 5.75 Å². The molecule has 0 spiro atoms. The van der Waals surface area contributed by atoms with E-state index in [0.29, 0.717) is 11.5 Å². The number of unbranched alkanes of at least 4 members (excludes halogenated alkanes) is 1. The Morgan fingerprint density at radius 2 is 1.48 bits per heavy atom. The molecule has 0 saturated heterocycles. The highest BCUT2D eigenvalue weighted by atomic mass is 19.3. The smallest absolute Gasteiger partial charge is 0.387 e. The molecule has 3 rings (SSSR count).